The number of halogens is 2. The summed E-state index contributed by atoms with van der Waals surface area (Å²) in [6, 6.07) is 4.83. The Morgan fingerprint density at radius 2 is 2.14 bits per heavy atom. The Labute approximate surface area is 85.8 Å². The Morgan fingerprint density at radius 1 is 1.43 bits per heavy atom. The van der Waals surface area contributed by atoms with Crippen LogP contribution in [0, 0.1) is 6.08 Å². The normalized spacial score (nSPS) is 10.3. The zero-order valence-electron chi connectivity index (χ0n) is 7.59. The lowest BCUT2D eigenvalue weighted by Gasteiger charge is -2.07. The first-order valence-electron chi connectivity index (χ1n) is 3.82. The van der Waals surface area contributed by atoms with Gasteiger partial charge in [0.05, 0.1) is 0 Å². The van der Waals surface area contributed by atoms with Crippen LogP contribution in [0.2, 0.25) is 0 Å². The van der Waals surface area contributed by atoms with Gasteiger partial charge in [-0.1, -0.05) is 6.58 Å². The van der Waals surface area contributed by atoms with Crippen LogP contribution >= 0.6 is 11.8 Å². The van der Waals surface area contributed by atoms with Crippen molar-refractivity contribution in [2.75, 3.05) is 6.26 Å². The number of rotatable bonds is 4. The Hall–Kier alpha value is -1.03. The highest BCUT2D eigenvalue weighted by Crippen LogP contribution is 2.24. The smallest absolute Gasteiger partial charge is 0.387 e. The minimum Gasteiger partial charge on any atom is -0.435 e. The van der Waals surface area contributed by atoms with Gasteiger partial charge < -0.3 is 4.74 Å². The summed E-state index contributed by atoms with van der Waals surface area (Å²) in [7, 11) is 0. The van der Waals surface area contributed by atoms with Crippen LogP contribution in [0.15, 0.2) is 29.7 Å². The van der Waals surface area contributed by atoms with E-state index in [2.05, 4.69) is 17.4 Å². The van der Waals surface area contributed by atoms with Crippen molar-refractivity contribution in [1.29, 1.82) is 0 Å². The zero-order valence-corrected chi connectivity index (χ0v) is 8.41. The van der Waals surface area contributed by atoms with E-state index < -0.39 is 6.61 Å². The maximum Gasteiger partial charge on any atom is 0.387 e. The van der Waals surface area contributed by atoms with Crippen LogP contribution in [0.25, 0.3) is 0 Å². The molecule has 0 heterocycles. The molecule has 75 valence electrons. The van der Waals surface area contributed by atoms with Crippen molar-refractivity contribution in [2.24, 2.45) is 0 Å². The van der Waals surface area contributed by atoms with E-state index in [0.29, 0.717) is 5.56 Å². The summed E-state index contributed by atoms with van der Waals surface area (Å²) in [6.45, 7) is 0.648. The van der Waals surface area contributed by atoms with Crippen LogP contribution in [0.5, 0.6) is 5.75 Å². The van der Waals surface area contributed by atoms with Crippen LogP contribution in [-0.4, -0.2) is 12.9 Å². The van der Waals surface area contributed by atoms with E-state index in [1.165, 1.54) is 17.8 Å². The van der Waals surface area contributed by atoms with Crippen molar-refractivity contribution < 1.29 is 13.5 Å². The summed E-state index contributed by atoms with van der Waals surface area (Å²) in [6.07, 6.45) is 4.48. The minimum absolute atomic E-state index is 0.137. The number of hydrogen-bond acceptors (Lipinski definition) is 2. The molecule has 0 bridgehead atoms. The van der Waals surface area contributed by atoms with Gasteiger partial charge in [-0.25, -0.2) is 0 Å². The third-order valence-corrected chi connectivity index (χ3v) is 2.25. The fourth-order valence-electron chi connectivity index (χ4n) is 0.963. The molecule has 0 fully saturated rings. The number of benzene rings is 1. The molecule has 0 aromatic heterocycles. The number of alkyl halides is 2. The molecule has 1 nitrogen and oxygen atoms in total. The first-order chi connectivity index (χ1) is 6.65. The van der Waals surface area contributed by atoms with Crippen LogP contribution in [0.4, 0.5) is 8.78 Å². The summed E-state index contributed by atoms with van der Waals surface area (Å²) >= 11 is 1.45. The van der Waals surface area contributed by atoms with Gasteiger partial charge >= 0.3 is 6.61 Å². The van der Waals surface area contributed by atoms with Gasteiger partial charge in [-0.05, 0) is 36.1 Å². The highest BCUT2D eigenvalue weighted by atomic mass is 32.2. The predicted octanol–water partition coefficient (Wildman–Crippen LogP) is 3.35. The summed E-state index contributed by atoms with van der Waals surface area (Å²) < 4.78 is 28.1. The Bertz CT molecular complexity index is 326. The fourth-order valence-corrected chi connectivity index (χ4v) is 1.44. The van der Waals surface area contributed by atoms with E-state index in [1.54, 1.807) is 12.1 Å². The fraction of sp³-hybridized carbons (Fsp3) is 0.200. The molecule has 1 aromatic rings. The third kappa shape index (κ3) is 3.03. The van der Waals surface area contributed by atoms with Gasteiger partial charge in [-0.15, -0.1) is 11.8 Å². The van der Waals surface area contributed by atoms with Crippen molar-refractivity contribution in [3.05, 3.63) is 36.4 Å². The van der Waals surface area contributed by atoms with E-state index >= 15 is 0 Å². The molecule has 0 aliphatic heterocycles. The predicted molar refractivity (Wildman–Crippen MR) is 52.8 cm³/mol. The maximum absolute atomic E-state index is 11.9. The van der Waals surface area contributed by atoms with Crippen molar-refractivity contribution in [2.45, 2.75) is 11.5 Å². The SMILES string of the molecule is C=[C]c1cc(OC(F)F)cc(SC)c1. The molecule has 0 atom stereocenters. The summed E-state index contributed by atoms with van der Waals surface area (Å²) in [5.74, 6) is 0.137. The second-order valence-corrected chi connectivity index (χ2v) is 3.33. The van der Waals surface area contributed by atoms with Crippen LogP contribution < -0.4 is 4.74 Å². The Morgan fingerprint density at radius 3 is 2.64 bits per heavy atom. The van der Waals surface area contributed by atoms with E-state index in [4.69, 9.17) is 0 Å². The number of hydrogen-bond donors (Lipinski definition) is 0. The monoisotopic (exact) mass is 215 g/mol. The Kier molecular flexibility index (Phi) is 3.95. The van der Waals surface area contributed by atoms with Gasteiger partial charge in [0.15, 0.2) is 0 Å². The quantitative estimate of drug-likeness (QED) is 0.712. The van der Waals surface area contributed by atoms with Crippen LogP contribution in [0.3, 0.4) is 0 Å². The van der Waals surface area contributed by atoms with E-state index in [0.717, 1.165) is 4.90 Å². The summed E-state index contributed by atoms with van der Waals surface area (Å²) in [5, 5.41) is 0. The molecular weight excluding hydrogens is 206 g/mol. The summed E-state index contributed by atoms with van der Waals surface area (Å²) in [4.78, 5) is 0.842. The lowest BCUT2D eigenvalue weighted by molar-refractivity contribution is -0.0499. The minimum atomic E-state index is -2.80. The topological polar surface area (TPSA) is 9.23 Å². The molecule has 0 aliphatic rings. The van der Waals surface area contributed by atoms with Gasteiger partial charge in [-0.2, -0.15) is 8.78 Å². The van der Waals surface area contributed by atoms with Crippen LogP contribution in [0.1, 0.15) is 5.56 Å². The average Bonchev–Trinajstić information content (AvgIpc) is 2.16. The molecule has 0 N–H and O–H groups in total. The largest absolute Gasteiger partial charge is 0.435 e. The van der Waals surface area contributed by atoms with Gasteiger partial charge in [0.25, 0.3) is 0 Å². The van der Waals surface area contributed by atoms with Gasteiger partial charge in [0.2, 0.25) is 0 Å². The first kappa shape index (κ1) is 11.0. The van der Waals surface area contributed by atoms with Gasteiger partial charge in [-0.3, -0.25) is 0 Å². The molecule has 1 radical (unpaired) electrons. The molecule has 0 unspecified atom stereocenters. The van der Waals surface area contributed by atoms with Crippen LogP contribution in [-0.2, 0) is 0 Å². The zero-order chi connectivity index (χ0) is 10.6. The van der Waals surface area contributed by atoms with Crippen molar-refractivity contribution in [3.8, 4) is 5.75 Å². The molecule has 0 amide bonds. The lowest BCUT2D eigenvalue weighted by atomic mass is 10.2. The molecular formula is C10H9F2OS. The van der Waals surface area contributed by atoms with Crippen molar-refractivity contribution >= 4 is 11.8 Å². The number of thioether (sulfide) groups is 1. The van der Waals surface area contributed by atoms with E-state index in [1.807, 2.05) is 6.26 Å². The lowest BCUT2D eigenvalue weighted by Crippen LogP contribution is -2.02. The highest BCUT2D eigenvalue weighted by molar-refractivity contribution is 7.98. The molecule has 0 aliphatic carbocycles. The molecule has 0 saturated heterocycles. The van der Waals surface area contributed by atoms with E-state index in [-0.39, 0.29) is 5.75 Å². The molecule has 1 aromatic carbocycles. The molecule has 14 heavy (non-hydrogen) atoms. The van der Waals surface area contributed by atoms with Gasteiger partial charge in [0, 0.05) is 4.90 Å². The summed E-state index contributed by atoms with van der Waals surface area (Å²) in [5.41, 5.74) is 0.646. The standard InChI is InChI=1S/C10H9F2OS/c1-3-7-4-8(13-10(11)12)6-9(5-7)14-2/h4-6,10H,1H2,2H3. The Balaban J connectivity index is 2.98. The molecule has 4 heteroatoms. The highest BCUT2D eigenvalue weighted by Gasteiger charge is 2.06. The molecule has 1 rings (SSSR count). The first-order valence-corrected chi connectivity index (χ1v) is 5.05. The van der Waals surface area contributed by atoms with Crippen molar-refractivity contribution in [1.82, 2.24) is 0 Å². The molecule has 0 saturated carbocycles. The second kappa shape index (κ2) is 5.00. The number of ether oxygens (including phenoxy) is 1. The average molecular weight is 215 g/mol. The second-order valence-electron chi connectivity index (χ2n) is 2.45. The third-order valence-electron chi connectivity index (χ3n) is 1.55. The van der Waals surface area contributed by atoms with Crippen molar-refractivity contribution in [3.63, 3.8) is 0 Å². The van der Waals surface area contributed by atoms with E-state index in [9.17, 15) is 8.78 Å². The maximum atomic E-state index is 11.9. The molecule has 0 spiro atoms. The van der Waals surface area contributed by atoms with Gasteiger partial charge in [0.1, 0.15) is 5.75 Å².